The normalized spacial score (nSPS) is 16.3. The van der Waals surface area contributed by atoms with Crippen LogP contribution in [-0.2, 0) is 6.54 Å². The van der Waals surface area contributed by atoms with Crippen molar-refractivity contribution < 1.29 is 4.42 Å². The van der Waals surface area contributed by atoms with Crippen LogP contribution < -0.4 is 4.90 Å². The van der Waals surface area contributed by atoms with Gasteiger partial charge in [0.2, 0.25) is 5.89 Å². The molecular weight excluding hydrogens is 294 g/mol. The number of oxazole rings is 1. The molecule has 8 heteroatoms. The van der Waals surface area contributed by atoms with Gasteiger partial charge in [0.15, 0.2) is 5.65 Å². The van der Waals surface area contributed by atoms with Crippen molar-refractivity contribution in [2.45, 2.75) is 20.4 Å². The van der Waals surface area contributed by atoms with E-state index in [9.17, 15) is 0 Å². The Morgan fingerprint density at radius 3 is 2.70 bits per heavy atom. The lowest BCUT2D eigenvalue weighted by Gasteiger charge is -2.34. The highest BCUT2D eigenvalue weighted by atomic mass is 16.4. The van der Waals surface area contributed by atoms with E-state index in [1.165, 1.54) is 0 Å². The average Bonchev–Trinajstić information content (AvgIpc) is 3.14. The first kappa shape index (κ1) is 14.1. The Morgan fingerprint density at radius 2 is 1.96 bits per heavy atom. The van der Waals surface area contributed by atoms with E-state index in [4.69, 9.17) is 4.42 Å². The molecule has 0 bridgehead atoms. The molecule has 0 unspecified atom stereocenters. The van der Waals surface area contributed by atoms with Crippen LogP contribution in [0.1, 0.15) is 17.3 Å². The molecular formula is C15H19N7O. The molecule has 1 saturated heterocycles. The number of piperazine rings is 1. The van der Waals surface area contributed by atoms with Crippen molar-refractivity contribution in [3.63, 3.8) is 0 Å². The van der Waals surface area contributed by atoms with E-state index < -0.39 is 0 Å². The summed E-state index contributed by atoms with van der Waals surface area (Å²) >= 11 is 0. The standard InChI is InChI=1S/C15H19N7O/c1-11-12(2)23-15(17-11)9-20-5-7-21(8-6-20)14-4-3-13-18-16-10-22(13)19-14/h3-4,10H,5-9H2,1-2H3. The molecule has 0 atom stereocenters. The summed E-state index contributed by atoms with van der Waals surface area (Å²) in [6.07, 6.45) is 1.63. The number of hydrogen-bond acceptors (Lipinski definition) is 7. The summed E-state index contributed by atoms with van der Waals surface area (Å²) in [5.74, 6) is 2.67. The summed E-state index contributed by atoms with van der Waals surface area (Å²) in [4.78, 5) is 9.10. The van der Waals surface area contributed by atoms with Gasteiger partial charge in [-0.05, 0) is 26.0 Å². The van der Waals surface area contributed by atoms with Crippen molar-refractivity contribution in [3.05, 3.63) is 35.8 Å². The van der Waals surface area contributed by atoms with Gasteiger partial charge < -0.3 is 9.32 Å². The number of rotatable bonds is 3. The summed E-state index contributed by atoms with van der Waals surface area (Å²) in [6.45, 7) is 8.48. The largest absolute Gasteiger partial charge is 0.444 e. The topological polar surface area (TPSA) is 75.6 Å². The van der Waals surface area contributed by atoms with Gasteiger partial charge in [0.25, 0.3) is 0 Å². The molecule has 4 rings (SSSR count). The van der Waals surface area contributed by atoms with Gasteiger partial charge in [0.1, 0.15) is 17.9 Å². The van der Waals surface area contributed by atoms with Gasteiger partial charge in [-0.15, -0.1) is 15.3 Å². The van der Waals surface area contributed by atoms with Gasteiger partial charge in [-0.1, -0.05) is 0 Å². The van der Waals surface area contributed by atoms with Crippen LogP contribution in [0.15, 0.2) is 22.9 Å². The SMILES string of the molecule is Cc1nc(CN2CCN(c3ccc4nncn4n3)CC2)oc1C. The molecule has 8 nitrogen and oxygen atoms in total. The van der Waals surface area contributed by atoms with E-state index >= 15 is 0 Å². The lowest BCUT2D eigenvalue weighted by molar-refractivity contribution is 0.224. The molecule has 1 aliphatic rings. The molecule has 1 fully saturated rings. The maximum absolute atomic E-state index is 5.67. The first-order chi connectivity index (χ1) is 11.2. The van der Waals surface area contributed by atoms with Crippen LogP contribution >= 0.6 is 0 Å². The number of aryl methyl sites for hydroxylation is 2. The van der Waals surface area contributed by atoms with E-state index in [-0.39, 0.29) is 0 Å². The molecule has 0 saturated carbocycles. The Bertz CT molecular complexity index is 797. The number of fused-ring (bicyclic) bond motifs is 1. The zero-order valence-electron chi connectivity index (χ0n) is 13.3. The van der Waals surface area contributed by atoms with E-state index in [1.54, 1.807) is 10.8 Å². The zero-order chi connectivity index (χ0) is 15.8. The third-order valence-electron chi connectivity index (χ3n) is 4.28. The maximum Gasteiger partial charge on any atom is 0.208 e. The van der Waals surface area contributed by atoms with Crippen LogP contribution in [0, 0.1) is 13.8 Å². The van der Waals surface area contributed by atoms with Crippen LogP contribution in [-0.4, -0.2) is 55.9 Å². The van der Waals surface area contributed by atoms with Gasteiger partial charge in [0.05, 0.1) is 12.2 Å². The van der Waals surface area contributed by atoms with Gasteiger partial charge in [-0.2, -0.15) is 4.52 Å². The molecule has 4 heterocycles. The molecule has 0 aliphatic carbocycles. The van der Waals surface area contributed by atoms with Crippen LogP contribution in [0.2, 0.25) is 0 Å². The van der Waals surface area contributed by atoms with Gasteiger partial charge in [-0.3, -0.25) is 4.90 Å². The van der Waals surface area contributed by atoms with Crippen molar-refractivity contribution in [2.75, 3.05) is 31.1 Å². The minimum absolute atomic E-state index is 0.764. The monoisotopic (exact) mass is 313 g/mol. The van der Waals surface area contributed by atoms with Crippen molar-refractivity contribution in [1.82, 2.24) is 29.7 Å². The van der Waals surface area contributed by atoms with Crippen LogP contribution in [0.25, 0.3) is 5.65 Å². The van der Waals surface area contributed by atoms with Gasteiger partial charge in [-0.25, -0.2) is 4.98 Å². The molecule has 0 N–H and O–H groups in total. The lowest BCUT2D eigenvalue weighted by Crippen LogP contribution is -2.46. The molecule has 23 heavy (non-hydrogen) atoms. The Balaban J connectivity index is 1.40. The van der Waals surface area contributed by atoms with E-state index in [0.717, 1.165) is 61.5 Å². The van der Waals surface area contributed by atoms with Crippen LogP contribution in [0.5, 0.6) is 0 Å². The lowest BCUT2D eigenvalue weighted by atomic mass is 10.3. The quantitative estimate of drug-likeness (QED) is 0.715. The maximum atomic E-state index is 5.67. The smallest absolute Gasteiger partial charge is 0.208 e. The summed E-state index contributed by atoms with van der Waals surface area (Å²) in [6, 6.07) is 3.94. The average molecular weight is 313 g/mol. The fourth-order valence-corrected chi connectivity index (χ4v) is 2.82. The zero-order valence-corrected chi connectivity index (χ0v) is 13.3. The van der Waals surface area contributed by atoms with Crippen LogP contribution in [0.4, 0.5) is 5.82 Å². The fourth-order valence-electron chi connectivity index (χ4n) is 2.82. The molecule has 1 aliphatic heterocycles. The van der Waals surface area contributed by atoms with E-state index in [0.29, 0.717) is 0 Å². The second-order valence-electron chi connectivity index (χ2n) is 5.84. The third-order valence-corrected chi connectivity index (χ3v) is 4.28. The van der Waals surface area contributed by atoms with E-state index in [2.05, 4.69) is 30.1 Å². The van der Waals surface area contributed by atoms with Crippen molar-refractivity contribution >= 4 is 11.5 Å². The minimum atomic E-state index is 0.764. The summed E-state index contributed by atoms with van der Waals surface area (Å²) in [5, 5.41) is 12.4. The highest BCUT2D eigenvalue weighted by Gasteiger charge is 2.20. The minimum Gasteiger partial charge on any atom is -0.444 e. The number of anilines is 1. The van der Waals surface area contributed by atoms with Gasteiger partial charge in [0, 0.05) is 26.2 Å². The first-order valence-corrected chi connectivity index (χ1v) is 7.76. The van der Waals surface area contributed by atoms with E-state index in [1.807, 2.05) is 26.0 Å². The Kier molecular flexibility index (Phi) is 3.45. The Labute approximate surface area is 133 Å². The van der Waals surface area contributed by atoms with Crippen molar-refractivity contribution in [1.29, 1.82) is 0 Å². The highest BCUT2D eigenvalue weighted by Crippen LogP contribution is 2.16. The summed E-state index contributed by atoms with van der Waals surface area (Å²) in [5.41, 5.74) is 1.74. The predicted molar refractivity (Wildman–Crippen MR) is 84.2 cm³/mol. The number of aromatic nitrogens is 5. The molecule has 120 valence electrons. The predicted octanol–water partition coefficient (Wildman–Crippen LogP) is 1.05. The summed E-state index contributed by atoms with van der Waals surface area (Å²) < 4.78 is 7.38. The third kappa shape index (κ3) is 2.77. The Hall–Kier alpha value is -2.48. The van der Waals surface area contributed by atoms with Crippen molar-refractivity contribution in [2.24, 2.45) is 0 Å². The molecule has 0 radical (unpaired) electrons. The molecule has 3 aromatic rings. The second-order valence-corrected chi connectivity index (χ2v) is 5.84. The molecule has 0 spiro atoms. The molecule has 3 aromatic heterocycles. The van der Waals surface area contributed by atoms with Crippen molar-refractivity contribution in [3.8, 4) is 0 Å². The molecule has 0 aromatic carbocycles. The number of hydrogen-bond donors (Lipinski definition) is 0. The first-order valence-electron chi connectivity index (χ1n) is 7.76. The molecule has 0 amide bonds. The summed E-state index contributed by atoms with van der Waals surface area (Å²) in [7, 11) is 0. The number of nitrogens with zero attached hydrogens (tertiary/aromatic N) is 7. The van der Waals surface area contributed by atoms with Gasteiger partial charge >= 0.3 is 0 Å². The second kappa shape index (κ2) is 5.62. The fraction of sp³-hybridized carbons (Fsp3) is 0.467. The Morgan fingerprint density at radius 1 is 1.13 bits per heavy atom. The highest BCUT2D eigenvalue weighted by molar-refractivity contribution is 5.45. The van der Waals surface area contributed by atoms with Crippen LogP contribution in [0.3, 0.4) is 0 Å².